The molecule has 0 N–H and O–H groups in total. The second kappa shape index (κ2) is 6.05. The average Bonchev–Trinajstić information content (AvgIpc) is 2.24. The van der Waals surface area contributed by atoms with Crippen LogP contribution in [0.5, 0.6) is 5.75 Å². The van der Waals surface area contributed by atoms with Crippen LogP contribution in [0.3, 0.4) is 0 Å². The Morgan fingerprint density at radius 3 is 2.50 bits per heavy atom. The summed E-state index contributed by atoms with van der Waals surface area (Å²) in [5, 5.41) is 0. The van der Waals surface area contributed by atoms with E-state index in [0.717, 1.165) is 15.8 Å². The molecule has 0 radical (unpaired) electrons. The van der Waals surface area contributed by atoms with Crippen LogP contribution < -0.4 is 4.74 Å². The summed E-state index contributed by atoms with van der Waals surface area (Å²) >= 11 is 3.39. The van der Waals surface area contributed by atoms with Crippen molar-refractivity contribution in [2.24, 2.45) is 0 Å². The summed E-state index contributed by atoms with van der Waals surface area (Å²) in [6.45, 7) is 5.51. The summed E-state index contributed by atoms with van der Waals surface area (Å²) in [7, 11) is 1.61. The molecule has 0 saturated carbocycles. The first-order valence-electron chi connectivity index (χ1n) is 5.56. The molecule has 0 heterocycles. The molecule has 1 aromatic rings. The monoisotopic (exact) mass is 312 g/mol. The largest absolute Gasteiger partial charge is 0.496 e. The maximum atomic E-state index is 11.5. The van der Waals surface area contributed by atoms with Gasteiger partial charge in [-0.2, -0.15) is 0 Å². The SMILES string of the molecule is COc1ccc(/C=C/C(=O)OC(C)(C)C)cc1Br. The van der Waals surface area contributed by atoms with E-state index in [1.54, 1.807) is 13.2 Å². The summed E-state index contributed by atoms with van der Waals surface area (Å²) < 4.78 is 11.1. The number of methoxy groups -OCH3 is 1. The van der Waals surface area contributed by atoms with E-state index in [1.165, 1.54) is 6.08 Å². The van der Waals surface area contributed by atoms with Gasteiger partial charge in [0.25, 0.3) is 0 Å². The lowest BCUT2D eigenvalue weighted by atomic mass is 10.2. The van der Waals surface area contributed by atoms with Crippen molar-refractivity contribution in [2.75, 3.05) is 7.11 Å². The molecule has 0 fully saturated rings. The third kappa shape index (κ3) is 4.92. The quantitative estimate of drug-likeness (QED) is 0.629. The zero-order chi connectivity index (χ0) is 13.8. The van der Waals surface area contributed by atoms with E-state index >= 15 is 0 Å². The number of esters is 1. The smallest absolute Gasteiger partial charge is 0.331 e. The van der Waals surface area contributed by atoms with Crippen LogP contribution >= 0.6 is 15.9 Å². The normalized spacial score (nSPS) is 11.6. The minimum atomic E-state index is -0.470. The van der Waals surface area contributed by atoms with E-state index in [9.17, 15) is 4.79 Å². The van der Waals surface area contributed by atoms with Crippen LogP contribution in [0.1, 0.15) is 26.3 Å². The molecule has 0 aromatic heterocycles. The van der Waals surface area contributed by atoms with Gasteiger partial charge in [-0.25, -0.2) is 4.79 Å². The summed E-state index contributed by atoms with van der Waals surface area (Å²) in [6.07, 6.45) is 3.12. The van der Waals surface area contributed by atoms with Gasteiger partial charge in [-0.05, 0) is 60.5 Å². The Kier molecular flexibility index (Phi) is 4.96. The average molecular weight is 313 g/mol. The van der Waals surface area contributed by atoms with Gasteiger partial charge < -0.3 is 9.47 Å². The van der Waals surface area contributed by atoms with Gasteiger partial charge in [0.2, 0.25) is 0 Å². The number of hydrogen-bond donors (Lipinski definition) is 0. The van der Waals surface area contributed by atoms with Gasteiger partial charge in [0.05, 0.1) is 11.6 Å². The number of benzene rings is 1. The predicted molar refractivity (Wildman–Crippen MR) is 75.6 cm³/mol. The Morgan fingerprint density at radius 1 is 1.33 bits per heavy atom. The van der Waals surface area contributed by atoms with Gasteiger partial charge in [-0.15, -0.1) is 0 Å². The predicted octanol–water partition coefficient (Wildman–Crippen LogP) is 3.81. The van der Waals surface area contributed by atoms with Crippen molar-refractivity contribution < 1.29 is 14.3 Å². The summed E-state index contributed by atoms with van der Waals surface area (Å²) in [5.74, 6) is 0.402. The lowest BCUT2D eigenvalue weighted by molar-refractivity contribution is -0.148. The van der Waals surface area contributed by atoms with Crippen molar-refractivity contribution >= 4 is 28.0 Å². The Morgan fingerprint density at radius 2 is 2.00 bits per heavy atom. The van der Waals surface area contributed by atoms with E-state index in [2.05, 4.69) is 15.9 Å². The van der Waals surface area contributed by atoms with Crippen molar-refractivity contribution in [2.45, 2.75) is 26.4 Å². The van der Waals surface area contributed by atoms with Crippen LogP contribution in [0.2, 0.25) is 0 Å². The Hall–Kier alpha value is -1.29. The molecule has 1 aromatic carbocycles. The second-order valence-corrected chi connectivity index (χ2v) is 5.62. The molecule has 0 aliphatic heterocycles. The van der Waals surface area contributed by atoms with Gasteiger partial charge in [0, 0.05) is 6.08 Å². The number of halogens is 1. The lowest BCUT2D eigenvalue weighted by Crippen LogP contribution is -2.22. The van der Waals surface area contributed by atoms with Crippen LogP contribution in [-0.2, 0) is 9.53 Å². The van der Waals surface area contributed by atoms with E-state index in [0.29, 0.717) is 0 Å². The Balaban J connectivity index is 2.73. The topological polar surface area (TPSA) is 35.5 Å². The number of carbonyl (C=O) groups is 1. The molecule has 98 valence electrons. The Labute approximate surface area is 116 Å². The number of ether oxygens (including phenoxy) is 2. The standard InChI is InChI=1S/C14H17BrO3/c1-14(2,3)18-13(16)8-6-10-5-7-12(17-4)11(15)9-10/h5-9H,1-4H3/b8-6+. The molecular formula is C14H17BrO3. The van der Waals surface area contributed by atoms with E-state index in [4.69, 9.17) is 9.47 Å². The van der Waals surface area contributed by atoms with E-state index in [-0.39, 0.29) is 5.97 Å². The molecule has 0 bridgehead atoms. The molecule has 0 amide bonds. The van der Waals surface area contributed by atoms with E-state index in [1.807, 2.05) is 39.0 Å². The molecular weight excluding hydrogens is 296 g/mol. The molecule has 18 heavy (non-hydrogen) atoms. The fourth-order valence-corrected chi connectivity index (χ4v) is 1.84. The minimum Gasteiger partial charge on any atom is -0.496 e. The first-order chi connectivity index (χ1) is 8.31. The number of rotatable bonds is 3. The van der Waals surface area contributed by atoms with Gasteiger partial charge >= 0.3 is 5.97 Å². The first-order valence-corrected chi connectivity index (χ1v) is 6.36. The van der Waals surface area contributed by atoms with Gasteiger partial charge in [-0.3, -0.25) is 0 Å². The van der Waals surface area contributed by atoms with E-state index < -0.39 is 5.60 Å². The summed E-state index contributed by atoms with van der Waals surface area (Å²) in [4.78, 5) is 11.5. The molecule has 4 heteroatoms. The van der Waals surface area contributed by atoms with Crippen LogP contribution in [0.25, 0.3) is 6.08 Å². The fraction of sp³-hybridized carbons (Fsp3) is 0.357. The number of hydrogen-bond acceptors (Lipinski definition) is 3. The maximum Gasteiger partial charge on any atom is 0.331 e. The highest BCUT2D eigenvalue weighted by Gasteiger charge is 2.13. The minimum absolute atomic E-state index is 0.352. The molecule has 0 aliphatic carbocycles. The second-order valence-electron chi connectivity index (χ2n) is 4.76. The lowest BCUT2D eigenvalue weighted by Gasteiger charge is -2.17. The molecule has 0 saturated heterocycles. The van der Waals surface area contributed by atoms with Crippen molar-refractivity contribution in [1.82, 2.24) is 0 Å². The summed E-state index contributed by atoms with van der Waals surface area (Å²) in [5.41, 5.74) is 0.426. The number of carbonyl (C=O) groups excluding carboxylic acids is 1. The van der Waals surface area contributed by atoms with Crippen molar-refractivity contribution in [3.63, 3.8) is 0 Å². The fourth-order valence-electron chi connectivity index (χ4n) is 1.29. The van der Waals surface area contributed by atoms with Crippen molar-refractivity contribution in [3.05, 3.63) is 34.3 Å². The maximum absolute atomic E-state index is 11.5. The zero-order valence-electron chi connectivity index (χ0n) is 11.0. The highest BCUT2D eigenvalue weighted by atomic mass is 79.9. The molecule has 0 unspecified atom stereocenters. The van der Waals surface area contributed by atoms with Gasteiger partial charge in [0.1, 0.15) is 11.4 Å². The van der Waals surface area contributed by atoms with Crippen LogP contribution in [0.4, 0.5) is 0 Å². The highest BCUT2D eigenvalue weighted by molar-refractivity contribution is 9.10. The molecule has 1 rings (SSSR count). The van der Waals surface area contributed by atoms with Crippen LogP contribution in [-0.4, -0.2) is 18.7 Å². The van der Waals surface area contributed by atoms with Crippen molar-refractivity contribution in [1.29, 1.82) is 0 Å². The molecule has 0 atom stereocenters. The van der Waals surface area contributed by atoms with Crippen LogP contribution in [0.15, 0.2) is 28.7 Å². The van der Waals surface area contributed by atoms with Crippen molar-refractivity contribution in [3.8, 4) is 5.75 Å². The first kappa shape index (κ1) is 14.8. The van der Waals surface area contributed by atoms with Gasteiger partial charge in [-0.1, -0.05) is 6.07 Å². The third-order valence-corrected chi connectivity index (χ3v) is 2.61. The molecule has 3 nitrogen and oxygen atoms in total. The van der Waals surface area contributed by atoms with Gasteiger partial charge in [0.15, 0.2) is 0 Å². The Bertz CT molecular complexity index is 459. The molecule has 0 spiro atoms. The molecule has 0 aliphatic rings. The summed E-state index contributed by atoms with van der Waals surface area (Å²) in [6, 6.07) is 5.57. The highest BCUT2D eigenvalue weighted by Crippen LogP contribution is 2.26. The third-order valence-electron chi connectivity index (χ3n) is 1.99. The van der Waals surface area contributed by atoms with Crippen LogP contribution in [0, 0.1) is 0 Å². The zero-order valence-corrected chi connectivity index (χ0v) is 12.6.